The smallest absolute Gasteiger partial charge is 0.313 e. The van der Waals surface area contributed by atoms with Gasteiger partial charge in [-0.05, 0) is 18.1 Å². The van der Waals surface area contributed by atoms with Crippen molar-refractivity contribution in [1.82, 2.24) is 0 Å². The van der Waals surface area contributed by atoms with Crippen LogP contribution in [0.1, 0.15) is 24.8 Å². The van der Waals surface area contributed by atoms with Crippen molar-refractivity contribution >= 4 is 23.3 Å². The van der Waals surface area contributed by atoms with Crippen LogP contribution in [0.5, 0.6) is 5.75 Å². The van der Waals surface area contributed by atoms with E-state index in [0.717, 1.165) is 5.56 Å². The molecule has 2 aromatic carbocycles. The number of nitro groups is 1. The highest BCUT2D eigenvalue weighted by Gasteiger charge is 2.21. The first-order valence-corrected chi connectivity index (χ1v) is 8.30. The van der Waals surface area contributed by atoms with E-state index in [1.54, 1.807) is 0 Å². The topological polar surface area (TPSA) is 108 Å². The van der Waals surface area contributed by atoms with Gasteiger partial charge in [0.25, 0.3) is 11.6 Å². The molecule has 0 spiro atoms. The zero-order valence-electron chi connectivity index (χ0n) is 15.0. The average molecular weight is 372 g/mol. The van der Waals surface area contributed by atoms with Gasteiger partial charge in [-0.25, -0.2) is 0 Å². The van der Waals surface area contributed by atoms with Gasteiger partial charge in [-0.1, -0.05) is 37.3 Å². The Morgan fingerprint density at radius 2 is 1.89 bits per heavy atom. The number of amides is 1. The van der Waals surface area contributed by atoms with Crippen LogP contribution >= 0.6 is 0 Å². The second kappa shape index (κ2) is 9.33. The zero-order valence-corrected chi connectivity index (χ0v) is 15.0. The Balaban J connectivity index is 2.00. The predicted octanol–water partition coefficient (Wildman–Crippen LogP) is 3.28. The number of non-ortho nitro benzene ring substituents is 1. The standard InChI is InChI=1S/C19H20N2O6/c1-3-15(13-7-5-4-6-8-13)19(23)27-12-18(22)20-16-11-14(21(24)25)9-10-17(16)26-2/h4-11,15H,3,12H2,1-2H3,(H,20,22). The lowest BCUT2D eigenvalue weighted by molar-refractivity contribution is -0.384. The van der Waals surface area contributed by atoms with Crippen molar-refractivity contribution in [1.29, 1.82) is 0 Å². The number of carbonyl (C=O) groups is 2. The molecule has 1 amide bonds. The fourth-order valence-corrected chi connectivity index (χ4v) is 2.55. The van der Waals surface area contributed by atoms with Crippen molar-refractivity contribution in [3.63, 3.8) is 0 Å². The molecule has 0 aliphatic heterocycles. The molecule has 8 nitrogen and oxygen atoms in total. The van der Waals surface area contributed by atoms with Crippen molar-refractivity contribution in [3.8, 4) is 5.75 Å². The number of nitro benzene ring substituents is 1. The Morgan fingerprint density at radius 3 is 2.48 bits per heavy atom. The quantitative estimate of drug-likeness (QED) is 0.433. The Morgan fingerprint density at radius 1 is 1.19 bits per heavy atom. The third kappa shape index (κ3) is 5.27. The molecule has 2 rings (SSSR count). The summed E-state index contributed by atoms with van der Waals surface area (Å²) in [5.74, 6) is -1.34. The van der Waals surface area contributed by atoms with Crippen LogP contribution in [-0.2, 0) is 14.3 Å². The number of ether oxygens (including phenoxy) is 2. The van der Waals surface area contributed by atoms with Gasteiger partial charge in [-0.2, -0.15) is 0 Å². The van der Waals surface area contributed by atoms with E-state index in [1.807, 2.05) is 37.3 Å². The molecule has 0 bridgehead atoms. The van der Waals surface area contributed by atoms with Crippen LogP contribution in [0, 0.1) is 10.1 Å². The summed E-state index contributed by atoms with van der Waals surface area (Å²) in [7, 11) is 1.38. The van der Waals surface area contributed by atoms with Crippen LogP contribution in [0.25, 0.3) is 0 Å². The van der Waals surface area contributed by atoms with Gasteiger partial charge >= 0.3 is 5.97 Å². The first kappa shape index (κ1) is 19.9. The van der Waals surface area contributed by atoms with Crippen LogP contribution < -0.4 is 10.1 Å². The Kier molecular flexibility index (Phi) is 6.87. The lowest BCUT2D eigenvalue weighted by Gasteiger charge is -2.15. The fraction of sp³-hybridized carbons (Fsp3) is 0.263. The molecule has 0 saturated heterocycles. The van der Waals surface area contributed by atoms with E-state index in [0.29, 0.717) is 6.42 Å². The van der Waals surface area contributed by atoms with Gasteiger partial charge in [0.1, 0.15) is 5.75 Å². The minimum Gasteiger partial charge on any atom is -0.495 e. The summed E-state index contributed by atoms with van der Waals surface area (Å²) in [4.78, 5) is 34.7. The van der Waals surface area contributed by atoms with Crippen molar-refractivity contribution in [2.24, 2.45) is 0 Å². The van der Waals surface area contributed by atoms with Gasteiger partial charge in [0.15, 0.2) is 6.61 Å². The van der Waals surface area contributed by atoms with Crippen LogP contribution in [0.3, 0.4) is 0 Å². The van der Waals surface area contributed by atoms with Gasteiger partial charge in [-0.3, -0.25) is 19.7 Å². The van der Waals surface area contributed by atoms with Crippen molar-refractivity contribution in [3.05, 3.63) is 64.2 Å². The van der Waals surface area contributed by atoms with Crippen LogP contribution in [-0.4, -0.2) is 30.5 Å². The first-order chi connectivity index (χ1) is 13.0. The minimum atomic E-state index is -0.620. The predicted molar refractivity (Wildman–Crippen MR) is 98.7 cm³/mol. The Bertz CT molecular complexity index is 822. The molecular weight excluding hydrogens is 352 g/mol. The number of hydrogen-bond donors (Lipinski definition) is 1. The van der Waals surface area contributed by atoms with Crippen molar-refractivity contribution < 1.29 is 24.0 Å². The van der Waals surface area contributed by atoms with Gasteiger partial charge in [0.2, 0.25) is 0 Å². The van der Waals surface area contributed by atoms with E-state index in [2.05, 4.69) is 5.32 Å². The number of nitrogens with one attached hydrogen (secondary N) is 1. The molecule has 0 heterocycles. The molecule has 2 aromatic rings. The third-order valence-corrected chi connectivity index (χ3v) is 3.91. The SMILES string of the molecule is CCC(C(=O)OCC(=O)Nc1cc([N+](=O)[O-])ccc1OC)c1ccccc1. The first-order valence-electron chi connectivity index (χ1n) is 8.30. The number of methoxy groups -OCH3 is 1. The van der Waals surface area contributed by atoms with Crippen LogP contribution in [0.15, 0.2) is 48.5 Å². The molecule has 27 heavy (non-hydrogen) atoms. The molecule has 8 heteroatoms. The van der Waals surface area contributed by atoms with E-state index in [9.17, 15) is 19.7 Å². The summed E-state index contributed by atoms with van der Waals surface area (Å²) in [6.07, 6.45) is 0.531. The van der Waals surface area contributed by atoms with Crippen molar-refractivity contribution in [2.75, 3.05) is 19.0 Å². The maximum atomic E-state index is 12.3. The molecule has 0 fully saturated rings. The summed E-state index contributed by atoms with van der Waals surface area (Å²) in [6.45, 7) is 1.35. The summed E-state index contributed by atoms with van der Waals surface area (Å²) in [6, 6.07) is 13.0. The second-order valence-electron chi connectivity index (χ2n) is 5.67. The second-order valence-corrected chi connectivity index (χ2v) is 5.67. The van der Waals surface area contributed by atoms with E-state index in [1.165, 1.54) is 25.3 Å². The maximum Gasteiger partial charge on any atom is 0.313 e. The molecule has 1 unspecified atom stereocenters. The Hall–Kier alpha value is -3.42. The molecule has 0 aliphatic rings. The normalized spacial score (nSPS) is 11.3. The lowest BCUT2D eigenvalue weighted by Crippen LogP contribution is -2.24. The van der Waals surface area contributed by atoms with Gasteiger partial charge in [-0.15, -0.1) is 0 Å². The van der Waals surface area contributed by atoms with E-state index in [4.69, 9.17) is 9.47 Å². The zero-order chi connectivity index (χ0) is 19.8. The van der Waals surface area contributed by atoms with Crippen LogP contribution in [0.4, 0.5) is 11.4 Å². The molecule has 0 aliphatic carbocycles. The van der Waals surface area contributed by atoms with Gasteiger partial charge in [0.05, 0.1) is 23.6 Å². The number of hydrogen-bond acceptors (Lipinski definition) is 6. The molecule has 142 valence electrons. The molecule has 0 radical (unpaired) electrons. The minimum absolute atomic E-state index is 0.128. The number of carbonyl (C=O) groups excluding carboxylic acids is 2. The monoisotopic (exact) mass is 372 g/mol. The molecular formula is C19H20N2O6. The highest BCUT2D eigenvalue weighted by Crippen LogP contribution is 2.28. The van der Waals surface area contributed by atoms with Crippen LogP contribution in [0.2, 0.25) is 0 Å². The average Bonchev–Trinajstić information content (AvgIpc) is 2.67. The third-order valence-electron chi connectivity index (χ3n) is 3.91. The molecule has 1 atom stereocenters. The molecule has 0 aromatic heterocycles. The summed E-state index contributed by atoms with van der Waals surface area (Å²) in [5, 5.41) is 13.3. The lowest BCUT2D eigenvalue weighted by atomic mass is 9.97. The summed E-state index contributed by atoms with van der Waals surface area (Å²) >= 11 is 0. The number of anilines is 1. The van der Waals surface area contributed by atoms with E-state index >= 15 is 0 Å². The van der Waals surface area contributed by atoms with E-state index in [-0.39, 0.29) is 17.1 Å². The number of benzene rings is 2. The largest absolute Gasteiger partial charge is 0.495 e. The van der Waals surface area contributed by atoms with Gasteiger partial charge in [0, 0.05) is 12.1 Å². The fourth-order valence-electron chi connectivity index (χ4n) is 2.55. The highest BCUT2D eigenvalue weighted by atomic mass is 16.6. The maximum absolute atomic E-state index is 12.3. The number of rotatable bonds is 8. The van der Waals surface area contributed by atoms with Gasteiger partial charge < -0.3 is 14.8 Å². The number of nitrogens with zero attached hydrogens (tertiary/aromatic N) is 1. The number of esters is 1. The Labute approximate surface area is 156 Å². The molecule has 1 N–H and O–H groups in total. The highest BCUT2D eigenvalue weighted by molar-refractivity contribution is 5.95. The van der Waals surface area contributed by atoms with E-state index < -0.39 is 29.3 Å². The summed E-state index contributed by atoms with van der Waals surface area (Å²) in [5.41, 5.74) is 0.742. The van der Waals surface area contributed by atoms with Crippen molar-refractivity contribution in [2.45, 2.75) is 19.3 Å². The summed E-state index contributed by atoms with van der Waals surface area (Å²) < 4.78 is 10.2. The molecule has 0 saturated carbocycles.